The number of halogens is 2. The molecule has 136 valence electrons. The Morgan fingerprint density at radius 1 is 1.27 bits per heavy atom. The van der Waals surface area contributed by atoms with Gasteiger partial charge >= 0.3 is 0 Å². The Balaban J connectivity index is 1.61. The van der Waals surface area contributed by atoms with Crippen molar-refractivity contribution in [3.63, 3.8) is 0 Å². The lowest BCUT2D eigenvalue weighted by atomic mass is 10.2. The van der Waals surface area contributed by atoms with E-state index < -0.39 is 0 Å². The molecule has 0 saturated carbocycles. The summed E-state index contributed by atoms with van der Waals surface area (Å²) in [4.78, 5) is 12.8. The summed E-state index contributed by atoms with van der Waals surface area (Å²) < 4.78 is 10.9. The number of carbonyl (C=O) groups is 1. The number of carbonyl (C=O) groups excluding carboxylic acids is 1. The van der Waals surface area contributed by atoms with Crippen molar-refractivity contribution in [2.24, 2.45) is 0 Å². The Bertz CT molecular complexity index is 927. The van der Waals surface area contributed by atoms with Crippen LogP contribution < -0.4 is 5.32 Å². The number of benzene rings is 1. The summed E-state index contributed by atoms with van der Waals surface area (Å²) in [6, 6.07) is 12.3. The highest BCUT2D eigenvalue weighted by Gasteiger charge is 2.20. The number of hydrogen-bond acceptors (Lipinski definition) is 3. The second-order valence-corrected chi connectivity index (χ2v) is 9.77. The summed E-state index contributed by atoms with van der Waals surface area (Å²) in [5.74, 6) is -0.0443. The van der Waals surface area contributed by atoms with Gasteiger partial charge < -0.3 is 14.6 Å². The summed E-state index contributed by atoms with van der Waals surface area (Å²) in [6.07, 6.45) is 2.23. The molecular weight excluding hydrogens is 480 g/mol. The molecule has 0 bridgehead atoms. The van der Waals surface area contributed by atoms with Crippen LogP contribution in [-0.4, -0.2) is 29.7 Å². The van der Waals surface area contributed by atoms with Gasteiger partial charge in [0, 0.05) is 24.2 Å². The summed E-state index contributed by atoms with van der Waals surface area (Å²) in [5.41, 5.74) is 2.92. The fourth-order valence-electron chi connectivity index (χ4n) is 3.24. The van der Waals surface area contributed by atoms with Crippen molar-refractivity contribution in [1.29, 1.82) is 0 Å². The smallest absolute Gasteiger partial charge is 0.268 e. The first-order valence-electron chi connectivity index (χ1n) is 8.53. The number of aromatic nitrogens is 1. The highest BCUT2D eigenvalue weighted by molar-refractivity contribution is 9.11. The minimum Gasteiger partial charge on any atom is -0.376 e. The predicted molar refractivity (Wildman–Crippen MR) is 112 cm³/mol. The number of thiophene rings is 1. The van der Waals surface area contributed by atoms with Crippen LogP contribution in [-0.2, 0) is 11.3 Å². The fraction of sp³-hybridized carbons (Fsp3) is 0.316. The first-order chi connectivity index (χ1) is 12.6. The second kappa shape index (κ2) is 7.84. The van der Waals surface area contributed by atoms with Crippen LogP contribution in [0.1, 0.15) is 28.9 Å². The molecule has 1 aliphatic rings. The topological polar surface area (TPSA) is 43.3 Å². The summed E-state index contributed by atoms with van der Waals surface area (Å²) in [7, 11) is 0. The van der Waals surface area contributed by atoms with Gasteiger partial charge in [0.05, 0.1) is 20.1 Å². The Kier molecular flexibility index (Phi) is 5.50. The number of ether oxygens (including phenoxy) is 1. The van der Waals surface area contributed by atoms with E-state index in [0.29, 0.717) is 18.8 Å². The van der Waals surface area contributed by atoms with Gasteiger partial charge in [-0.2, -0.15) is 0 Å². The van der Waals surface area contributed by atoms with E-state index in [1.54, 1.807) is 11.3 Å². The van der Waals surface area contributed by atoms with Gasteiger partial charge in [0.1, 0.15) is 5.69 Å². The molecule has 26 heavy (non-hydrogen) atoms. The van der Waals surface area contributed by atoms with Crippen molar-refractivity contribution < 1.29 is 9.53 Å². The first kappa shape index (κ1) is 18.2. The molecule has 3 heterocycles. The largest absolute Gasteiger partial charge is 0.376 e. The molecule has 3 aromatic rings. The average molecular weight is 498 g/mol. The van der Waals surface area contributed by atoms with Crippen LogP contribution in [0.5, 0.6) is 0 Å². The average Bonchev–Trinajstić information content (AvgIpc) is 3.32. The second-order valence-electron chi connectivity index (χ2n) is 6.39. The molecule has 1 N–H and O–H groups in total. The van der Waals surface area contributed by atoms with E-state index in [9.17, 15) is 4.79 Å². The molecule has 2 aromatic heterocycles. The van der Waals surface area contributed by atoms with Gasteiger partial charge in [0.25, 0.3) is 5.91 Å². The maximum atomic E-state index is 12.8. The maximum absolute atomic E-state index is 12.8. The molecule has 4 rings (SSSR count). The molecular formula is C19H18Br2N2O2S. The zero-order chi connectivity index (χ0) is 18.1. The summed E-state index contributed by atoms with van der Waals surface area (Å²) >= 11 is 8.67. The fourth-order valence-corrected chi connectivity index (χ4v) is 5.07. The molecule has 1 amide bonds. The van der Waals surface area contributed by atoms with Gasteiger partial charge in [0.2, 0.25) is 0 Å². The Morgan fingerprint density at radius 2 is 2.08 bits per heavy atom. The Labute approximate surface area is 172 Å². The van der Waals surface area contributed by atoms with Crippen molar-refractivity contribution in [3.05, 3.63) is 55.9 Å². The highest BCUT2D eigenvalue weighted by Crippen LogP contribution is 2.33. The van der Waals surface area contributed by atoms with Gasteiger partial charge in [-0.3, -0.25) is 4.79 Å². The normalized spacial score (nSPS) is 17.1. The van der Waals surface area contributed by atoms with Gasteiger partial charge in [-0.1, -0.05) is 28.1 Å². The number of fused-ring (bicyclic) bond motifs is 1. The van der Waals surface area contributed by atoms with Crippen LogP contribution in [0.15, 0.2) is 44.7 Å². The van der Waals surface area contributed by atoms with E-state index in [1.165, 1.54) is 0 Å². The zero-order valence-corrected chi connectivity index (χ0v) is 18.0. The van der Waals surface area contributed by atoms with Crippen molar-refractivity contribution in [3.8, 4) is 0 Å². The maximum Gasteiger partial charge on any atom is 0.268 e. The summed E-state index contributed by atoms with van der Waals surface area (Å²) in [6.45, 7) is 2.02. The van der Waals surface area contributed by atoms with E-state index in [4.69, 9.17) is 4.74 Å². The van der Waals surface area contributed by atoms with Crippen LogP contribution in [0, 0.1) is 0 Å². The molecule has 4 nitrogen and oxygen atoms in total. The Morgan fingerprint density at radius 3 is 2.81 bits per heavy atom. The summed E-state index contributed by atoms with van der Waals surface area (Å²) in [5, 5.41) is 3.04. The van der Waals surface area contributed by atoms with Crippen LogP contribution >= 0.6 is 43.2 Å². The molecule has 1 aromatic carbocycles. The molecule has 1 aliphatic heterocycles. The van der Waals surface area contributed by atoms with Gasteiger partial charge in [0.15, 0.2) is 0 Å². The third-order valence-corrected chi connectivity index (χ3v) is 6.66. The Hall–Kier alpha value is -1.15. The van der Waals surface area contributed by atoms with Gasteiger partial charge in [-0.05, 0) is 58.6 Å². The molecule has 0 unspecified atom stereocenters. The van der Waals surface area contributed by atoms with E-state index in [1.807, 2.05) is 18.2 Å². The number of rotatable bonds is 5. The van der Waals surface area contributed by atoms with Crippen molar-refractivity contribution in [2.75, 3.05) is 13.2 Å². The van der Waals surface area contributed by atoms with Crippen molar-refractivity contribution >= 4 is 59.3 Å². The van der Waals surface area contributed by atoms with Crippen LogP contribution in [0.25, 0.3) is 10.2 Å². The lowest BCUT2D eigenvalue weighted by Gasteiger charge is -2.13. The molecule has 1 fully saturated rings. The van der Waals surface area contributed by atoms with E-state index in [0.717, 1.165) is 43.5 Å². The lowest BCUT2D eigenvalue weighted by Crippen LogP contribution is -2.33. The van der Waals surface area contributed by atoms with Crippen molar-refractivity contribution in [2.45, 2.75) is 25.5 Å². The number of nitrogens with zero attached hydrogens (tertiary/aromatic N) is 1. The zero-order valence-electron chi connectivity index (χ0n) is 14.0. The molecule has 7 heteroatoms. The molecule has 1 atom stereocenters. The monoisotopic (exact) mass is 496 g/mol. The number of amides is 1. The molecule has 0 radical (unpaired) electrons. The molecule has 0 spiro atoms. The lowest BCUT2D eigenvalue weighted by molar-refractivity contribution is 0.0851. The SMILES string of the molecule is O=C(NC[C@@H]1CCCO1)c1cc2sc(Br)cc2n1Cc1ccc(Br)cc1. The third kappa shape index (κ3) is 3.91. The highest BCUT2D eigenvalue weighted by atomic mass is 79.9. The predicted octanol–water partition coefficient (Wildman–Crippen LogP) is 5.18. The van der Waals surface area contributed by atoms with Gasteiger partial charge in [-0.15, -0.1) is 11.3 Å². The van der Waals surface area contributed by atoms with E-state index in [-0.39, 0.29) is 12.0 Å². The minimum absolute atomic E-state index is 0.0443. The quantitative estimate of drug-likeness (QED) is 0.527. The minimum atomic E-state index is -0.0443. The van der Waals surface area contributed by atoms with Crippen LogP contribution in [0.3, 0.4) is 0 Å². The van der Waals surface area contributed by atoms with E-state index in [2.05, 4.69) is 59.9 Å². The number of nitrogens with one attached hydrogen (secondary N) is 1. The first-order valence-corrected chi connectivity index (χ1v) is 10.9. The third-order valence-electron chi connectivity index (χ3n) is 4.56. The standard InChI is InChI=1S/C19H18Br2N2O2S/c20-13-5-3-12(4-6-13)11-23-15-9-18(21)26-17(15)8-16(23)19(24)22-10-14-2-1-7-25-14/h3-6,8-9,14H,1-2,7,10-11H2,(H,22,24)/t14-/m0/s1. The van der Waals surface area contributed by atoms with Crippen molar-refractivity contribution in [1.82, 2.24) is 9.88 Å². The molecule has 1 saturated heterocycles. The van der Waals surface area contributed by atoms with Gasteiger partial charge in [-0.25, -0.2) is 0 Å². The van der Waals surface area contributed by atoms with Crippen LogP contribution in [0.4, 0.5) is 0 Å². The van der Waals surface area contributed by atoms with Crippen LogP contribution in [0.2, 0.25) is 0 Å². The molecule has 0 aliphatic carbocycles. The van der Waals surface area contributed by atoms with E-state index >= 15 is 0 Å². The number of hydrogen-bond donors (Lipinski definition) is 1.